The molecule has 1 aromatic carbocycles. The SMILES string of the molecule is CC#CC1(O)CCC(c2ccccc2)(N(C)C)CC1. The van der Waals surface area contributed by atoms with E-state index in [9.17, 15) is 5.11 Å². The topological polar surface area (TPSA) is 23.5 Å². The zero-order valence-corrected chi connectivity index (χ0v) is 12.1. The van der Waals surface area contributed by atoms with Crippen LogP contribution in [0.5, 0.6) is 0 Å². The van der Waals surface area contributed by atoms with Crippen molar-refractivity contribution in [2.75, 3.05) is 14.1 Å². The molecule has 1 N–H and O–H groups in total. The molecule has 0 aliphatic heterocycles. The summed E-state index contributed by atoms with van der Waals surface area (Å²) in [6.07, 6.45) is 3.35. The van der Waals surface area contributed by atoms with Gasteiger partial charge in [-0.2, -0.15) is 0 Å². The van der Waals surface area contributed by atoms with Crippen LogP contribution in [0.2, 0.25) is 0 Å². The Kier molecular flexibility index (Phi) is 3.99. The summed E-state index contributed by atoms with van der Waals surface area (Å²) in [7, 11) is 4.26. The number of hydrogen-bond donors (Lipinski definition) is 1. The zero-order valence-electron chi connectivity index (χ0n) is 12.1. The van der Waals surface area contributed by atoms with Crippen molar-refractivity contribution < 1.29 is 5.11 Å². The fraction of sp³-hybridized carbons (Fsp3) is 0.529. The highest BCUT2D eigenvalue weighted by Crippen LogP contribution is 2.44. The van der Waals surface area contributed by atoms with Crippen LogP contribution in [0.25, 0.3) is 0 Å². The second-order valence-corrected chi connectivity index (χ2v) is 5.70. The van der Waals surface area contributed by atoms with Crippen LogP contribution in [0.1, 0.15) is 38.2 Å². The Balaban J connectivity index is 2.28. The second-order valence-electron chi connectivity index (χ2n) is 5.70. The Morgan fingerprint density at radius 3 is 2.11 bits per heavy atom. The highest BCUT2D eigenvalue weighted by atomic mass is 16.3. The lowest BCUT2D eigenvalue weighted by atomic mass is 9.70. The summed E-state index contributed by atoms with van der Waals surface area (Å²) in [6, 6.07) is 10.6. The first-order valence-electron chi connectivity index (χ1n) is 6.92. The largest absolute Gasteiger partial charge is 0.378 e. The van der Waals surface area contributed by atoms with Crippen molar-refractivity contribution in [3.63, 3.8) is 0 Å². The van der Waals surface area contributed by atoms with E-state index in [0.717, 1.165) is 25.7 Å². The number of hydrogen-bond acceptors (Lipinski definition) is 2. The Bertz CT molecular complexity index is 473. The predicted molar refractivity (Wildman–Crippen MR) is 78.7 cm³/mol. The van der Waals surface area contributed by atoms with Crippen LogP contribution in [-0.2, 0) is 5.54 Å². The Morgan fingerprint density at radius 2 is 1.63 bits per heavy atom. The van der Waals surface area contributed by atoms with Crippen LogP contribution in [0.4, 0.5) is 0 Å². The highest BCUT2D eigenvalue weighted by Gasteiger charge is 2.43. The minimum Gasteiger partial charge on any atom is -0.378 e. The van der Waals surface area contributed by atoms with Gasteiger partial charge in [0.2, 0.25) is 0 Å². The number of aliphatic hydroxyl groups is 1. The summed E-state index contributed by atoms with van der Waals surface area (Å²) in [4.78, 5) is 2.29. The highest BCUT2D eigenvalue weighted by molar-refractivity contribution is 5.27. The second kappa shape index (κ2) is 5.36. The van der Waals surface area contributed by atoms with Crippen LogP contribution in [0.3, 0.4) is 0 Å². The van der Waals surface area contributed by atoms with E-state index < -0.39 is 5.60 Å². The molecule has 2 heteroatoms. The van der Waals surface area contributed by atoms with Gasteiger partial charge >= 0.3 is 0 Å². The van der Waals surface area contributed by atoms with Crippen molar-refractivity contribution in [3.05, 3.63) is 35.9 Å². The Labute approximate surface area is 116 Å². The van der Waals surface area contributed by atoms with Gasteiger partial charge in [-0.15, -0.1) is 5.92 Å². The molecule has 1 aliphatic carbocycles. The Hall–Kier alpha value is -1.30. The van der Waals surface area contributed by atoms with Crippen LogP contribution in [0, 0.1) is 11.8 Å². The molecule has 102 valence electrons. The van der Waals surface area contributed by atoms with E-state index in [-0.39, 0.29) is 5.54 Å². The fourth-order valence-electron chi connectivity index (χ4n) is 3.18. The van der Waals surface area contributed by atoms with Gasteiger partial charge in [-0.05, 0) is 52.3 Å². The van der Waals surface area contributed by atoms with Crippen molar-refractivity contribution in [1.29, 1.82) is 0 Å². The van der Waals surface area contributed by atoms with Crippen LogP contribution in [-0.4, -0.2) is 29.7 Å². The third kappa shape index (κ3) is 2.68. The van der Waals surface area contributed by atoms with Gasteiger partial charge in [0.25, 0.3) is 0 Å². The first kappa shape index (κ1) is 14.1. The molecule has 0 spiro atoms. The molecule has 1 aliphatic rings. The van der Waals surface area contributed by atoms with Crippen molar-refractivity contribution >= 4 is 0 Å². The van der Waals surface area contributed by atoms with E-state index in [0.29, 0.717) is 0 Å². The molecule has 1 fully saturated rings. The van der Waals surface area contributed by atoms with Crippen LogP contribution in [0.15, 0.2) is 30.3 Å². The summed E-state index contributed by atoms with van der Waals surface area (Å²) < 4.78 is 0. The van der Waals surface area contributed by atoms with Crippen LogP contribution < -0.4 is 0 Å². The molecular formula is C17H23NO. The summed E-state index contributed by atoms with van der Waals surface area (Å²) in [5.74, 6) is 5.84. The van der Waals surface area contributed by atoms with Gasteiger partial charge in [0.1, 0.15) is 5.60 Å². The smallest absolute Gasteiger partial charge is 0.125 e. The van der Waals surface area contributed by atoms with Gasteiger partial charge < -0.3 is 5.11 Å². The van der Waals surface area contributed by atoms with E-state index in [1.54, 1.807) is 6.92 Å². The number of nitrogens with zero attached hydrogens (tertiary/aromatic N) is 1. The predicted octanol–water partition coefficient (Wildman–Crippen LogP) is 2.77. The summed E-state index contributed by atoms with van der Waals surface area (Å²) in [5.41, 5.74) is 0.581. The van der Waals surface area contributed by atoms with Gasteiger partial charge in [0, 0.05) is 5.54 Å². The lowest BCUT2D eigenvalue weighted by Crippen LogP contribution is -2.48. The zero-order chi connectivity index (χ0) is 13.9. The standard InChI is InChI=1S/C17H23NO/c1-4-10-16(19)11-13-17(14-12-16,18(2)3)15-8-6-5-7-9-15/h5-9,19H,11-14H2,1-3H3. The first-order chi connectivity index (χ1) is 9.02. The van der Waals surface area contributed by atoms with E-state index in [1.165, 1.54) is 5.56 Å². The van der Waals surface area contributed by atoms with Gasteiger partial charge in [-0.1, -0.05) is 36.3 Å². The van der Waals surface area contributed by atoms with Crippen LogP contribution >= 0.6 is 0 Å². The maximum absolute atomic E-state index is 10.4. The molecule has 19 heavy (non-hydrogen) atoms. The average Bonchev–Trinajstić information content (AvgIpc) is 2.41. The van der Waals surface area contributed by atoms with Gasteiger partial charge in [-0.25, -0.2) is 0 Å². The molecule has 0 amide bonds. The van der Waals surface area contributed by atoms with E-state index >= 15 is 0 Å². The molecule has 2 nitrogen and oxygen atoms in total. The molecule has 2 rings (SSSR count). The lowest BCUT2D eigenvalue weighted by Gasteiger charge is -2.47. The number of benzene rings is 1. The molecular weight excluding hydrogens is 234 g/mol. The summed E-state index contributed by atoms with van der Waals surface area (Å²) in [5, 5.41) is 10.4. The minimum atomic E-state index is -0.789. The third-order valence-corrected chi connectivity index (χ3v) is 4.43. The van der Waals surface area contributed by atoms with Crippen molar-refractivity contribution in [2.24, 2.45) is 0 Å². The molecule has 0 heterocycles. The normalized spacial score (nSPS) is 30.8. The fourth-order valence-corrected chi connectivity index (χ4v) is 3.18. The summed E-state index contributed by atoms with van der Waals surface area (Å²) >= 11 is 0. The molecule has 0 saturated heterocycles. The molecule has 1 aromatic rings. The molecule has 0 atom stereocenters. The van der Waals surface area contributed by atoms with Crippen molar-refractivity contribution in [2.45, 2.75) is 43.7 Å². The molecule has 1 saturated carbocycles. The van der Waals surface area contributed by atoms with Gasteiger partial charge in [0.15, 0.2) is 0 Å². The van der Waals surface area contributed by atoms with Gasteiger partial charge in [0.05, 0.1) is 0 Å². The molecule has 0 bridgehead atoms. The van der Waals surface area contributed by atoms with Crippen molar-refractivity contribution in [1.82, 2.24) is 4.90 Å². The third-order valence-electron chi connectivity index (χ3n) is 4.43. The molecule has 0 radical (unpaired) electrons. The molecule has 0 unspecified atom stereocenters. The van der Waals surface area contributed by atoms with E-state index in [4.69, 9.17) is 0 Å². The first-order valence-corrected chi connectivity index (χ1v) is 6.92. The Morgan fingerprint density at radius 1 is 1.05 bits per heavy atom. The van der Waals surface area contributed by atoms with E-state index in [1.807, 2.05) is 0 Å². The number of rotatable bonds is 2. The minimum absolute atomic E-state index is 0.0307. The molecule has 0 aromatic heterocycles. The van der Waals surface area contributed by atoms with E-state index in [2.05, 4.69) is 61.2 Å². The maximum Gasteiger partial charge on any atom is 0.125 e. The quantitative estimate of drug-likeness (QED) is 0.824. The lowest BCUT2D eigenvalue weighted by molar-refractivity contribution is -0.00826. The average molecular weight is 257 g/mol. The maximum atomic E-state index is 10.4. The summed E-state index contributed by atoms with van der Waals surface area (Å²) in [6.45, 7) is 1.79. The van der Waals surface area contributed by atoms with Gasteiger partial charge in [-0.3, -0.25) is 4.90 Å². The van der Waals surface area contributed by atoms with Crippen molar-refractivity contribution in [3.8, 4) is 11.8 Å². The monoisotopic (exact) mass is 257 g/mol.